The van der Waals surface area contributed by atoms with Crippen LogP contribution in [0.15, 0.2) is 41.5 Å². The quantitative estimate of drug-likeness (QED) is 0.452. The van der Waals surface area contributed by atoms with Gasteiger partial charge < -0.3 is 30.2 Å². The van der Waals surface area contributed by atoms with Gasteiger partial charge in [0.1, 0.15) is 11.4 Å². The molecule has 1 aliphatic rings. The molecule has 1 fully saturated rings. The van der Waals surface area contributed by atoms with Crippen LogP contribution in [0, 0.1) is 0 Å². The van der Waals surface area contributed by atoms with E-state index in [1.807, 2.05) is 6.07 Å². The van der Waals surface area contributed by atoms with Crippen molar-refractivity contribution in [2.24, 2.45) is 0 Å². The van der Waals surface area contributed by atoms with Gasteiger partial charge in [-0.05, 0) is 45.3 Å². The van der Waals surface area contributed by atoms with E-state index in [2.05, 4.69) is 62.9 Å². The number of rotatable bonds is 4. The number of ether oxygens (including phenoxy) is 1. The second kappa shape index (κ2) is 7.92. The average Bonchev–Trinajstić information content (AvgIpc) is 3.17. The Labute approximate surface area is 185 Å². The van der Waals surface area contributed by atoms with Gasteiger partial charge in [-0.2, -0.15) is 0 Å². The average molecular weight is 434 g/mol. The number of nitrogens with one attached hydrogen (secondary N) is 2. The van der Waals surface area contributed by atoms with E-state index >= 15 is 0 Å². The van der Waals surface area contributed by atoms with Gasteiger partial charge in [-0.3, -0.25) is 9.78 Å². The van der Waals surface area contributed by atoms with Crippen LogP contribution in [-0.4, -0.2) is 70.8 Å². The molecule has 0 radical (unpaired) electrons. The van der Waals surface area contributed by atoms with Crippen molar-refractivity contribution in [1.82, 2.24) is 24.8 Å². The summed E-state index contributed by atoms with van der Waals surface area (Å²) in [5.41, 5.74) is 10.1. The number of pyridine rings is 2. The number of anilines is 2. The Bertz CT molecular complexity index is 1340. The van der Waals surface area contributed by atoms with Crippen molar-refractivity contribution in [2.75, 3.05) is 44.4 Å². The van der Waals surface area contributed by atoms with E-state index in [1.165, 1.54) is 0 Å². The Hall–Kier alpha value is -3.43. The number of nitrogen functional groups attached to an aromatic ring is 1. The van der Waals surface area contributed by atoms with E-state index in [4.69, 9.17) is 10.5 Å². The minimum atomic E-state index is -0.296. The van der Waals surface area contributed by atoms with Crippen LogP contribution in [0.2, 0.25) is 0 Å². The molecular formula is C23H27N7O2. The highest BCUT2D eigenvalue weighted by Gasteiger charge is 2.27. The molecule has 0 unspecified atom stereocenters. The van der Waals surface area contributed by atoms with Crippen LogP contribution >= 0.6 is 0 Å². The third kappa shape index (κ3) is 3.59. The van der Waals surface area contributed by atoms with Gasteiger partial charge >= 0.3 is 0 Å². The summed E-state index contributed by atoms with van der Waals surface area (Å²) in [4.78, 5) is 32.1. The largest absolute Gasteiger partial charge is 0.397 e. The van der Waals surface area contributed by atoms with Crippen molar-refractivity contribution in [2.45, 2.75) is 19.1 Å². The normalized spacial score (nSPS) is 19.3. The molecule has 3 aromatic heterocycles. The van der Waals surface area contributed by atoms with Crippen LogP contribution in [0.4, 0.5) is 11.4 Å². The molecular weight excluding hydrogens is 406 g/mol. The number of morpholine rings is 1. The summed E-state index contributed by atoms with van der Waals surface area (Å²) in [7, 11) is 4.11. The summed E-state index contributed by atoms with van der Waals surface area (Å²) in [6.07, 6.45) is 3.40. The van der Waals surface area contributed by atoms with Crippen LogP contribution in [0.1, 0.15) is 6.92 Å². The van der Waals surface area contributed by atoms with Crippen LogP contribution in [-0.2, 0) is 4.74 Å². The first-order chi connectivity index (χ1) is 15.4. The Morgan fingerprint density at radius 2 is 2.09 bits per heavy atom. The van der Waals surface area contributed by atoms with E-state index in [-0.39, 0.29) is 17.7 Å². The topological polar surface area (TPSA) is 116 Å². The number of imidazole rings is 1. The Balaban J connectivity index is 1.53. The lowest BCUT2D eigenvalue weighted by Gasteiger charge is -2.40. The molecule has 2 atom stereocenters. The van der Waals surface area contributed by atoms with Crippen molar-refractivity contribution in [1.29, 1.82) is 0 Å². The summed E-state index contributed by atoms with van der Waals surface area (Å²) in [6, 6.07) is 8.18. The maximum atomic E-state index is 12.8. The third-order valence-electron chi connectivity index (χ3n) is 5.96. The standard InChI is InChI=1S/C23H27N7O2/c1-13-12-32-15(10-29(2)3)11-30(13)14-4-5-17-18(8-14)27-22(26-17)20-21(24)16-6-7-25-9-19(16)28-23(20)31/h4-9,13,15H,10-12H2,1-3H3,(H,26,27)(H3,24,28,31)/t13-,15-/m1/s1. The molecule has 9 heteroatoms. The van der Waals surface area contributed by atoms with Gasteiger partial charge in [0.25, 0.3) is 5.56 Å². The number of H-pyrrole nitrogens is 2. The number of nitrogens with zero attached hydrogens (tertiary/aromatic N) is 4. The molecule has 0 spiro atoms. The minimum absolute atomic E-state index is 0.152. The van der Waals surface area contributed by atoms with Gasteiger partial charge in [-0.1, -0.05) is 0 Å². The molecule has 0 amide bonds. The van der Waals surface area contributed by atoms with E-state index in [0.29, 0.717) is 29.2 Å². The smallest absolute Gasteiger partial charge is 0.261 e. The lowest BCUT2D eigenvalue weighted by atomic mass is 10.1. The molecule has 1 aromatic carbocycles. The first-order valence-electron chi connectivity index (χ1n) is 10.7. The predicted octanol–water partition coefficient (Wildman–Crippen LogP) is 2.20. The highest BCUT2D eigenvalue weighted by molar-refractivity contribution is 5.97. The van der Waals surface area contributed by atoms with Crippen LogP contribution in [0.25, 0.3) is 33.3 Å². The Kier molecular flexibility index (Phi) is 5.07. The zero-order valence-electron chi connectivity index (χ0n) is 18.4. The SMILES string of the molecule is C[C@@H]1CO[C@H](CN(C)C)CN1c1ccc2nc(-c3c(N)c4ccncc4[nH]c3=O)[nH]c2c1. The molecule has 32 heavy (non-hydrogen) atoms. The number of aromatic amines is 2. The van der Waals surface area contributed by atoms with Gasteiger partial charge in [0, 0.05) is 36.4 Å². The molecule has 1 saturated heterocycles. The van der Waals surface area contributed by atoms with E-state index in [9.17, 15) is 4.79 Å². The summed E-state index contributed by atoms with van der Waals surface area (Å²) in [5.74, 6) is 0.454. The molecule has 4 aromatic rings. The molecule has 1 aliphatic heterocycles. The maximum absolute atomic E-state index is 12.8. The lowest BCUT2D eigenvalue weighted by molar-refractivity contribution is 0.00880. The van der Waals surface area contributed by atoms with Crippen molar-refractivity contribution in [3.05, 3.63) is 47.0 Å². The fourth-order valence-corrected chi connectivity index (χ4v) is 4.40. The Morgan fingerprint density at radius 3 is 2.91 bits per heavy atom. The van der Waals surface area contributed by atoms with Crippen LogP contribution < -0.4 is 16.2 Å². The van der Waals surface area contributed by atoms with Crippen LogP contribution in [0.5, 0.6) is 0 Å². The maximum Gasteiger partial charge on any atom is 0.261 e. The predicted molar refractivity (Wildman–Crippen MR) is 127 cm³/mol. The highest BCUT2D eigenvalue weighted by Crippen LogP contribution is 2.30. The molecule has 9 nitrogen and oxygen atoms in total. The molecule has 4 heterocycles. The number of nitrogens with two attached hydrogens (primary N) is 1. The fraction of sp³-hybridized carbons (Fsp3) is 0.348. The summed E-state index contributed by atoms with van der Waals surface area (Å²) in [5, 5.41) is 0.741. The van der Waals surface area contributed by atoms with E-state index in [1.54, 1.807) is 18.5 Å². The second-order valence-corrected chi connectivity index (χ2v) is 8.67. The molecule has 4 N–H and O–H groups in total. The number of fused-ring (bicyclic) bond motifs is 2. The summed E-state index contributed by atoms with van der Waals surface area (Å²) in [6.45, 7) is 4.54. The Morgan fingerprint density at radius 1 is 1.25 bits per heavy atom. The van der Waals surface area contributed by atoms with Gasteiger partial charge in [0.2, 0.25) is 0 Å². The zero-order valence-corrected chi connectivity index (χ0v) is 18.4. The zero-order chi connectivity index (χ0) is 22.4. The van der Waals surface area contributed by atoms with Crippen molar-refractivity contribution < 1.29 is 4.74 Å². The fourth-order valence-electron chi connectivity index (χ4n) is 4.40. The van der Waals surface area contributed by atoms with E-state index < -0.39 is 0 Å². The van der Waals surface area contributed by atoms with E-state index in [0.717, 1.165) is 35.2 Å². The van der Waals surface area contributed by atoms with Crippen molar-refractivity contribution >= 4 is 33.3 Å². The van der Waals surface area contributed by atoms with Gasteiger partial charge in [-0.15, -0.1) is 0 Å². The van der Waals surface area contributed by atoms with Gasteiger partial charge in [0.15, 0.2) is 0 Å². The summed E-state index contributed by atoms with van der Waals surface area (Å²) >= 11 is 0. The lowest BCUT2D eigenvalue weighted by Crippen LogP contribution is -2.51. The molecule has 5 rings (SSSR count). The first-order valence-corrected chi connectivity index (χ1v) is 10.7. The number of benzene rings is 1. The summed E-state index contributed by atoms with van der Waals surface area (Å²) < 4.78 is 6.00. The number of likely N-dealkylation sites (N-methyl/N-ethyl adjacent to an activating group) is 1. The number of hydrogen-bond donors (Lipinski definition) is 3. The second-order valence-electron chi connectivity index (χ2n) is 8.67. The van der Waals surface area contributed by atoms with Crippen molar-refractivity contribution in [3.8, 4) is 11.4 Å². The van der Waals surface area contributed by atoms with Crippen molar-refractivity contribution in [3.63, 3.8) is 0 Å². The molecule has 166 valence electrons. The molecule has 0 aliphatic carbocycles. The third-order valence-corrected chi connectivity index (χ3v) is 5.96. The highest BCUT2D eigenvalue weighted by atomic mass is 16.5. The molecule has 0 bridgehead atoms. The number of aromatic nitrogens is 4. The monoisotopic (exact) mass is 433 g/mol. The molecule has 0 saturated carbocycles. The van der Waals surface area contributed by atoms with Gasteiger partial charge in [-0.25, -0.2) is 4.98 Å². The number of hydrogen-bond acceptors (Lipinski definition) is 7. The van der Waals surface area contributed by atoms with Crippen LogP contribution in [0.3, 0.4) is 0 Å². The minimum Gasteiger partial charge on any atom is -0.397 e. The van der Waals surface area contributed by atoms with Gasteiger partial charge in [0.05, 0.1) is 41.1 Å². The first kappa shape index (κ1) is 20.5.